The van der Waals surface area contributed by atoms with Gasteiger partial charge in [0, 0.05) is 10.5 Å². The van der Waals surface area contributed by atoms with Crippen molar-refractivity contribution >= 4 is 23.7 Å². The number of fused-ring (bicyclic) bond motifs is 1. The molecule has 1 heterocycles. The van der Waals surface area contributed by atoms with Gasteiger partial charge in [0.1, 0.15) is 0 Å². The molecule has 6 heteroatoms. The third-order valence-electron chi connectivity index (χ3n) is 4.81. The van der Waals surface area contributed by atoms with Crippen LogP contribution in [-0.2, 0) is 19.3 Å². The molecule has 0 spiro atoms. The van der Waals surface area contributed by atoms with Crippen LogP contribution < -0.4 is 5.32 Å². The number of hydrogen-bond acceptors (Lipinski definition) is 5. The lowest BCUT2D eigenvalue weighted by atomic mass is 9.90. The van der Waals surface area contributed by atoms with Crippen LogP contribution in [0.2, 0.25) is 0 Å². The van der Waals surface area contributed by atoms with Crippen molar-refractivity contribution in [2.75, 3.05) is 11.6 Å². The molecular weight excluding hydrogens is 358 g/mol. The maximum Gasteiger partial charge on any atom is 0.322 e. The van der Waals surface area contributed by atoms with Gasteiger partial charge in [-0.3, -0.25) is 10.1 Å². The minimum absolute atomic E-state index is 0.133. The first-order valence-corrected chi connectivity index (χ1v) is 10.3. The molecule has 0 fully saturated rings. The number of benzene rings is 2. The molecule has 5 nitrogen and oxygen atoms in total. The van der Waals surface area contributed by atoms with E-state index in [0.29, 0.717) is 17.9 Å². The van der Waals surface area contributed by atoms with E-state index in [1.165, 1.54) is 28.9 Å². The standard InChI is InChI=1S/C21H21N3O2S/c1-27-18-10-6-14(7-11-18)12-19-23-24-21(26-19)22-20(25)17-9-8-15-4-2-3-5-16(15)13-17/h6-11,13H,2-5,12H2,1H3,(H,22,24,25). The number of rotatable bonds is 5. The van der Waals surface area contributed by atoms with E-state index in [2.05, 4.69) is 33.7 Å². The van der Waals surface area contributed by atoms with Crippen molar-refractivity contribution in [1.29, 1.82) is 0 Å². The summed E-state index contributed by atoms with van der Waals surface area (Å²) in [5.41, 5.74) is 4.34. The van der Waals surface area contributed by atoms with Crippen molar-refractivity contribution < 1.29 is 9.21 Å². The Bertz CT molecular complexity index is 950. The van der Waals surface area contributed by atoms with Crippen molar-refractivity contribution in [1.82, 2.24) is 10.2 Å². The molecule has 0 saturated heterocycles. The van der Waals surface area contributed by atoms with E-state index in [-0.39, 0.29) is 11.9 Å². The summed E-state index contributed by atoms with van der Waals surface area (Å²) in [7, 11) is 0. The van der Waals surface area contributed by atoms with E-state index in [1.807, 2.05) is 30.5 Å². The van der Waals surface area contributed by atoms with Crippen molar-refractivity contribution in [3.05, 3.63) is 70.6 Å². The van der Waals surface area contributed by atoms with Crippen LogP contribution in [0.25, 0.3) is 0 Å². The molecule has 2 aromatic carbocycles. The lowest BCUT2D eigenvalue weighted by Crippen LogP contribution is -2.13. The van der Waals surface area contributed by atoms with Gasteiger partial charge in [0.05, 0.1) is 6.42 Å². The van der Waals surface area contributed by atoms with Crippen LogP contribution in [-0.4, -0.2) is 22.4 Å². The molecule has 0 saturated carbocycles. The highest BCUT2D eigenvalue weighted by molar-refractivity contribution is 7.98. The molecule has 1 amide bonds. The number of carbonyl (C=O) groups excluding carboxylic acids is 1. The first-order valence-electron chi connectivity index (χ1n) is 9.10. The number of thioether (sulfide) groups is 1. The van der Waals surface area contributed by atoms with Crippen LogP contribution >= 0.6 is 11.8 Å². The molecule has 1 aliphatic carbocycles. The monoisotopic (exact) mass is 379 g/mol. The Labute approximate surface area is 162 Å². The smallest absolute Gasteiger partial charge is 0.322 e. The Morgan fingerprint density at radius 1 is 1.07 bits per heavy atom. The molecule has 1 aliphatic rings. The van der Waals surface area contributed by atoms with Crippen molar-refractivity contribution in [2.45, 2.75) is 37.0 Å². The van der Waals surface area contributed by atoms with E-state index in [4.69, 9.17) is 4.42 Å². The number of aromatic nitrogens is 2. The van der Waals surface area contributed by atoms with Crippen LogP contribution in [0.15, 0.2) is 51.8 Å². The number of nitrogens with one attached hydrogen (secondary N) is 1. The fourth-order valence-corrected chi connectivity index (χ4v) is 3.75. The fourth-order valence-electron chi connectivity index (χ4n) is 3.34. The molecule has 4 rings (SSSR count). The van der Waals surface area contributed by atoms with E-state index < -0.39 is 0 Å². The first kappa shape index (κ1) is 17.8. The number of anilines is 1. The van der Waals surface area contributed by atoms with Gasteiger partial charge < -0.3 is 4.42 Å². The Morgan fingerprint density at radius 3 is 2.63 bits per heavy atom. The molecule has 0 atom stereocenters. The molecule has 0 radical (unpaired) electrons. The second kappa shape index (κ2) is 7.96. The summed E-state index contributed by atoms with van der Waals surface area (Å²) >= 11 is 1.70. The molecule has 0 unspecified atom stereocenters. The van der Waals surface area contributed by atoms with Crippen LogP contribution in [0.3, 0.4) is 0 Å². The highest BCUT2D eigenvalue weighted by atomic mass is 32.2. The van der Waals surface area contributed by atoms with Crippen LogP contribution in [0.1, 0.15) is 45.8 Å². The molecule has 3 aromatic rings. The summed E-state index contributed by atoms with van der Waals surface area (Å²) < 4.78 is 5.59. The predicted molar refractivity (Wildman–Crippen MR) is 106 cm³/mol. The largest absolute Gasteiger partial charge is 0.407 e. The van der Waals surface area contributed by atoms with Crippen molar-refractivity contribution in [2.24, 2.45) is 0 Å². The summed E-state index contributed by atoms with van der Waals surface area (Å²) in [6.07, 6.45) is 7.13. The van der Waals surface area contributed by atoms with Gasteiger partial charge in [0.25, 0.3) is 5.91 Å². The highest BCUT2D eigenvalue weighted by Crippen LogP contribution is 2.23. The third-order valence-corrected chi connectivity index (χ3v) is 5.56. The topological polar surface area (TPSA) is 68.0 Å². The number of aryl methyl sites for hydroxylation is 2. The van der Waals surface area contributed by atoms with Gasteiger partial charge in [-0.25, -0.2) is 0 Å². The maximum atomic E-state index is 12.5. The molecule has 0 bridgehead atoms. The highest BCUT2D eigenvalue weighted by Gasteiger charge is 2.15. The fraction of sp³-hybridized carbons (Fsp3) is 0.286. The Hall–Kier alpha value is -2.60. The van der Waals surface area contributed by atoms with Gasteiger partial charge in [-0.1, -0.05) is 23.3 Å². The zero-order valence-corrected chi connectivity index (χ0v) is 16.0. The first-order chi connectivity index (χ1) is 13.2. The van der Waals surface area contributed by atoms with Crippen LogP contribution in [0.4, 0.5) is 6.01 Å². The zero-order chi connectivity index (χ0) is 18.6. The van der Waals surface area contributed by atoms with Crippen molar-refractivity contribution in [3.63, 3.8) is 0 Å². The average molecular weight is 379 g/mol. The molecule has 1 aromatic heterocycles. The average Bonchev–Trinajstić information content (AvgIpc) is 3.15. The third kappa shape index (κ3) is 4.22. The molecule has 0 aliphatic heterocycles. The minimum Gasteiger partial charge on any atom is -0.407 e. The Balaban J connectivity index is 1.41. The summed E-state index contributed by atoms with van der Waals surface area (Å²) in [4.78, 5) is 13.7. The summed E-state index contributed by atoms with van der Waals surface area (Å²) in [5.74, 6) is 0.260. The van der Waals surface area contributed by atoms with Gasteiger partial charge in [-0.05, 0) is 72.9 Å². The second-order valence-corrected chi connectivity index (χ2v) is 7.55. The van der Waals surface area contributed by atoms with Gasteiger partial charge in [0.2, 0.25) is 5.89 Å². The van der Waals surface area contributed by atoms with Gasteiger partial charge in [0.15, 0.2) is 0 Å². The van der Waals surface area contributed by atoms with Crippen LogP contribution in [0.5, 0.6) is 0 Å². The SMILES string of the molecule is CSc1ccc(Cc2nnc(NC(=O)c3ccc4c(c3)CCCC4)o2)cc1. The van der Waals surface area contributed by atoms with E-state index >= 15 is 0 Å². The minimum atomic E-state index is -0.220. The lowest BCUT2D eigenvalue weighted by Gasteiger charge is -2.16. The molecule has 27 heavy (non-hydrogen) atoms. The van der Waals surface area contributed by atoms with Crippen molar-refractivity contribution in [3.8, 4) is 0 Å². The normalized spacial score (nSPS) is 13.2. The maximum absolute atomic E-state index is 12.5. The number of amides is 1. The molecular formula is C21H21N3O2S. The van der Waals surface area contributed by atoms with Gasteiger partial charge >= 0.3 is 6.01 Å². The number of carbonyl (C=O) groups is 1. The van der Waals surface area contributed by atoms with E-state index in [0.717, 1.165) is 18.4 Å². The number of nitrogens with zero attached hydrogens (tertiary/aromatic N) is 2. The Morgan fingerprint density at radius 2 is 1.85 bits per heavy atom. The quantitative estimate of drug-likeness (QED) is 0.661. The molecule has 138 valence electrons. The molecule has 1 N–H and O–H groups in total. The van der Waals surface area contributed by atoms with Crippen LogP contribution in [0, 0.1) is 0 Å². The second-order valence-electron chi connectivity index (χ2n) is 6.67. The number of hydrogen-bond donors (Lipinski definition) is 1. The predicted octanol–water partition coefficient (Wildman–Crippen LogP) is 4.51. The zero-order valence-electron chi connectivity index (χ0n) is 15.2. The van der Waals surface area contributed by atoms with Gasteiger partial charge in [-0.15, -0.1) is 16.9 Å². The lowest BCUT2D eigenvalue weighted by molar-refractivity contribution is 0.102. The van der Waals surface area contributed by atoms with Gasteiger partial charge in [-0.2, -0.15) is 0 Å². The summed E-state index contributed by atoms with van der Waals surface area (Å²) in [6, 6.07) is 14.3. The Kier molecular flexibility index (Phi) is 5.25. The summed E-state index contributed by atoms with van der Waals surface area (Å²) in [6.45, 7) is 0. The van der Waals surface area contributed by atoms with E-state index in [9.17, 15) is 4.79 Å². The van der Waals surface area contributed by atoms with E-state index in [1.54, 1.807) is 11.8 Å². The summed E-state index contributed by atoms with van der Waals surface area (Å²) in [5, 5.41) is 10.7.